The van der Waals surface area contributed by atoms with Gasteiger partial charge in [-0.1, -0.05) is 0 Å². The van der Waals surface area contributed by atoms with Crippen LogP contribution < -0.4 is 10.6 Å². The summed E-state index contributed by atoms with van der Waals surface area (Å²) in [4.78, 5) is 34.0. The molecule has 0 saturated heterocycles. The number of carboxylic acid groups (broad SMARTS) is 1. The summed E-state index contributed by atoms with van der Waals surface area (Å²) in [7, 11) is 0. The Morgan fingerprint density at radius 1 is 1.30 bits per heavy atom. The van der Waals surface area contributed by atoms with E-state index in [1.165, 1.54) is 18.4 Å². The van der Waals surface area contributed by atoms with E-state index in [4.69, 9.17) is 9.52 Å². The first-order valence-electron chi connectivity index (χ1n) is 5.50. The predicted molar refractivity (Wildman–Crippen MR) is 70.9 cm³/mol. The maximum Gasteiger partial charge on any atom is 0.338 e. The standard InChI is InChI=1S/C12H10N2O5S/c15-9(6-13-10(16)8-2-1-4-19-8)14-11-7(12(17)18)3-5-20-11/h1-5H,6H2,(H,13,16)(H,14,15)(H,17,18). The quantitative estimate of drug-likeness (QED) is 0.772. The van der Waals surface area contributed by atoms with Crippen LogP contribution in [-0.2, 0) is 4.79 Å². The second-order valence-electron chi connectivity index (χ2n) is 3.68. The first-order chi connectivity index (χ1) is 9.58. The fraction of sp³-hybridized carbons (Fsp3) is 0.0833. The van der Waals surface area contributed by atoms with E-state index in [0.29, 0.717) is 0 Å². The minimum Gasteiger partial charge on any atom is -0.478 e. The lowest BCUT2D eigenvalue weighted by Crippen LogP contribution is -2.32. The van der Waals surface area contributed by atoms with Gasteiger partial charge in [-0.3, -0.25) is 9.59 Å². The van der Waals surface area contributed by atoms with Crippen LogP contribution in [0, 0.1) is 0 Å². The SMILES string of the molecule is O=C(CNC(=O)c1ccco1)Nc1sccc1C(=O)O. The number of carboxylic acids is 1. The molecule has 0 fully saturated rings. The maximum absolute atomic E-state index is 11.6. The molecule has 104 valence electrons. The average Bonchev–Trinajstić information content (AvgIpc) is 3.06. The fourth-order valence-corrected chi connectivity index (χ4v) is 2.20. The van der Waals surface area contributed by atoms with Gasteiger partial charge >= 0.3 is 5.97 Å². The van der Waals surface area contributed by atoms with Crippen LogP contribution in [0.25, 0.3) is 0 Å². The van der Waals surface area contributed by atoms with Gasteiger partial charge < -0.3 is 20.2 Å². The molecule has 0 atom stereocenters. The third-order valence-corrected chi connectivity index (χ3v) is 3.13. The van der Waals surface area contributed by atoms with Crippen molar-refractivity contribution in [3.63, 3.8) is 0 Å². The van der Waals surface area contributed by atoms with Crippen molar-refractivity contribution in [1.29, 1.82) is 0 Å². The molecule has 0 spiro atoms. The first kappa shape index (κ1) is 13.8. The molecule has 0 aliphatic heterocycles. The van der Waals surface area contributed by atoms with Gasteiger partial charge in [-0.25, -0.2) is 4.79 Å². The second-order valence-corrected chi connectivity index (χ2v) is 4.59. The topological polar surface area (TPSA) is 109 Å². The van der Waals surface area contributed by atoms with Crippen molar-refractivity contribution in [3.8, 4) is 0 Å². The van der Waals surface area contributed by atoms with Crippen LogP contribution in [0.3, 0.4) is 0 Å². The molecule has 0 bridgehead atoms. The highest BCUT2D eigenvalue weighted by Gasteiger charge is 2.15. The summed E-state index contributed by atoms with van der Waals surface area (Å²) in [6.07, 6.45) is 1.35. The summed E-state index contributed by atoms with van der Waals surface area (Å²) < 4.78 is 4.86. The van der Waals surface area contributed by atoms with Crippen molar-refractivity contribution in [2.45, 2.75) is 0 Å². The first-order valence-corrected chi connectivity index (χ1v) is 6.38. The molecular formula is C12H10N2O5S. The van der Waals surface area contributed by atoms with Crippen molar-refractivity contribution < 1.29 is 23.9 Å². The number of hydrogen-bond donors (Lipinski definition) is 3. The lowest BCUT2D eigenvalue weighted by molar-refractivity contribution is -0.115. The number of aromatic carboxylic acids is 1. The van der Waals surface area contributed by atoms with Gasteiger partial charge in [0.1, 0.15) is 5.00 Å². The summed E-state index contributed by atoms with van der Waals surface area (Å²) >= 11 is 1.09. The third kappa shape index (κ3) is 3.23. The number of furan rings is 1. The Labute approximate surface area is 117 Å². The number of hydrogen-bond acceptors (Lipinski definition) is 5. The van der Waals surface area contributed by atoms with Crippen molar-refractivity contribution in [3.05, 3.63) is 41.2 Å². The zero-order valence-electron chi connectivity index (χ0n) is 10.1. The number of thiophene rings is 1. The van der Waals surface area contributed by atoms with Crippen LogP contribution in [-0.4, -0.2) is 29.4 Å². The second kappa shape index (κ2) is 6.02. The highest BCUT2D eigenvalue weighted by Crippen LogP contribution is 2.22. The fourth-order valence-electron chi connectivity index (χ4n) is 1.40. The molecular weight excluding hydrogens is 284 g/mol. The number of carbonyl (C=O) groups is 3. The Balaban J connectivity index is 1.88. The number of amides is 2. The highest BCUT2D eigenvalue weighted by molar-refractivity contribution is 7.14. The zero-order chi connectivity index (χ0) is 14.5. The summed E-state index contributed by atoms with van der Waals surface area (Å²) in [5.74, 6) is -2.06. The molecule has 3 N–H and O–H groups in total. The molecule has 0 aromatic carbocycles. The molecule has 0 aliphatic carbocycles. The van der Waals surface area contributed by atoms with E-state index in [-0.39, 0.29) is 22.9 Å². The van der Waals surface area contributed by atoms with Gasteiger partial charge in [0, 0.05) is 0 Å². The molecule has 2 rings (SSSR count). The van der Waals surface area contributed by atoms with Gasteiger partial charge in [0.05, 0.1) is 18.4 Å². The van der Waals surface area contributed by atoms with Crippen molar-refractivity contribution in [1.82, 2.24) is 5.32 Å². The maximum atomic E-state index is 11.6. The van der Waals surface area contributed by atoms with Gasteiger partial charge in [-0.05, 0) is 23.6 Å². The smallest absolute Gasteiger partial charge is 0.338 e. The van der Waals surface area contributed by atoms with Crippen LogP contribution in [0.2, 0.25) is 0 Å². The summed E-state index contributed by atoms with van der Waals surface area (Å²) in [5.41, 5.74) is 0.0145. The van der Waals surface area contributed by atoms with Gasteiger partial charge in [0.15, 0.2) is 5.76 Å². The Hall–Kier alpha value is -2.61. The molecule has 7 nitrogen and oxygen atoms in total. The highest BCUT2D eigenvalue weighted by atomic mass is 32.1. The van der Waals surface area contributed by atoms with Crippen molar-refractivity contribution in [2.75, 3.05) is 11.9 Å². The summed E-state index contributed by atoms with van der Waals surface area (Å²) in [6.45, 7) is -0.281. The molecule has 8 heteroatoms. The number of anilines is 1. The summed E-state index contributed by atoms with van der Waals surface area (Å²) in [6, 6.07) is 4.42. The minimum atomic E-state index is -1.12. The van der Waals surface area contributed by atoms with Crippen LogP contribution in [0.1, 0.15) is 20.9 Å². The molecule has 0 radical (unpaired) electrons. The molecule has 20 heavy (non-hydrogen) atoms. The van der Waals surface area contributed by atoms with Crippen LogP contribution >= 0.6 is 11.3 Å². The van der Waals surface area contributed by atoms with Gasteiger partial charge in [-0.15, -0.1) is 11.3 Å². The van der Waals surface area contributed by atoms with E-state index in [1.54, 1.807) is 11.4 Å². The third-order valence-electron chi connectivity index (χ3n) is 2.30. The predicted octanol–water partition coefficient (Wildman–Crippen LogP) is 1.41. The molecule has 0 saturated carbocycles. The zero-order valence-corrected chi connectivity index (χ0v) is 10.9. The van der Waals surface area contributed by atoms with Gasteiger partial charge in [0.2, 0.25) is 5.91 Å². The lowest BCUT2D eigenvalue weighted by atomic mass is 10.3. The molecule has 2 amide bonds. The van der Waals surface area contributed by atoms with Gasteiger partial charge in [0.25, 0.3) is 5.91 Å². The Bertz CT molecular complexity index is 632. The minimum absolute atomic E-state index is 0.0145. The van der Waals surface area contributed by atoms with E-state index in [1.807, 2.05) is 0 Å². The molecule has 2 aromatic heterocycles. The molecule has 2 aromatic rings. The monoisotopic (exact) mass is 294 g/mol. The van der Waals surface area contributed by atoms with E-state index in [9.17, 15) is 14.4 Å². The normalized spacial score (nSPS) is 10.0. The van der Waals surface area contributed by atoms with Crippen LogP contribution in [0.5, 0.6) is 0 Å². The van der Waals surface area contributed by atoms with Gasteiger partial charge in [-0.2, -0.15) is 0 Å². The van der Waals surface area contributed by atoms with Crippen molar-refractivity contribution >= 4 is 34.1 Å². The molecule has 0 aliphatic rings. The molecule has 0 unspecified atom stereocenters. The number of rotatable bonds is 5. The summed E-state index contributed by atoms with van der Waals surface area (Å²) in [5, 5.41) is 15.5. The Morgan fingerprint density at radius 3 is 2.75 bits per heavy atom. The van der Waals surface area contributed by atoms with Crippen molar-refractivity contribution in [2.24, 2.45) is 0 Å². The van der Waals surface area contributed by atoms with Crippen LogP contribution in [0.4, 0.5) is 5.00 Å². The van der Waals surface area contributed by atoms with E-state index >= 15 is 0 Å². The number of nitrogens with one attached hydrogen (secondary N) is 2. The average molecular weight is 294 g/mol. The Kier molecular flexibility index (Phi) is 4.16. The van der Waals surface area contributed by atoms with E-state index in [0.717, 1.165) is 11.3 Å². The Morgan fingerprint density at radius 2 is 2.10 bits per heavy atom. The largest absolute Gasteiger partial charge is 0.478 e. The molecule has 2 heterocycles. The van der Waals surface area contributed by atoms with E-state index in [2.05, 4.69) is 10.6 Å². The van der Waals surface area contributed by atoms with Crippen LogP contribution in [0.15, 0.2) is 34.3 Å². The van der Waals surface area contributed by atoms with E-state index < -0.39 is 17.8 Å². The lowest BCUT2D eigenvalue weighted by Gasteiger charge is -2.05. The number of carbonyl (C=O) groups excluding carboxylic acids is 2.